The van der Waals surface area contributed by atoms with E-state index >= 15 is 0 Å². The van der Waals surface area contributed by atoms with Gasteiger partial charge in [-0.2, -0.15) is 0 Å². The molecule has 2 heterocycles. The molecule has 0 spiro atoms. The highest BCUT2D eigenvalue weighted by Gasteiger charge is 2.22. The fraction of sp³-hybridized carbons (Fsp3) is 0.462. The fourth-order valence-corrected chi connectivity index (χ4v) is 2.08. The molecular formula is C13H18N4O3. The molecule has 7 nitrogen and oxygen atoms in total. The van der Waals surface area contributed by atoms with Crippen LogP contribution in [0.5, 0.6) is 0 Å². The molecule has 0 radical (unpaired) electrons. The van der Waals surface area contributed by atoms with Crippen LogP contribution in [0.4, 0.5) is 5.82 Å². The molecule has 1 atom stereocenters. The Bertz CT molecular complexity index is 506. The van der Waals surface area contributed by atoms with E-state index in [-0.39, 0.29) is 12.0 Å². The monoisotopic (exact) mass is 278 g/mol. The Morgan fingerprint density at radius 1 is 1.60 bits per heavy atom. The number of primary amides is 1. The molecular weight excluding hydrogens is 260 g/mol. The number of carbonyl (C=O) groups excluding carboxylic acids is 2. The second kappa shape index (κ2) is 6.33. The lowest BCUT2D eigenvalue weighted by Gasteiger charge is -2.32. The van der Waals surface area contributed by atoms with Gasteiger partial charge < -0.3 is 20.7 Å². The van der Waals surface area contributed by atoms with Crippen molar-refractivity contribution in [2.45, 2.75) is 13.0 Å². The number of aromatic nitrogens is 1. The van der Waals surface area contributed by atoms with Crippen LogP contribution in [-0.4, -0.2) is 54.0 Å². The van der Waals surface area contributed by atoms with Crippen LogP contribution in [0.15, 0.2) is 18.3 Å². The summed E-state index contributed by atoms with van der Waals surface area (Å²) in [7, 11) is 0. The Balaban J connectivity index is 1.95. The first-order valence-electron chi connectivity index (χ1n) is 6.43. The van der Waals surface area contributed by atoms with Crippen molar-refractivity contribution in [1.82, 2.24) is 9.88 Å². The molecule has 3 N–H and O–H groups in total. The van der Waals surface area contributed by atoms with Crippen molar-refractivity contribution in [3.05, 3.63) is 23.9 Å². The SMILES string of the molecule is CC(=O)N1CCOC(CNc2ncccc2C(N)=O)C1. The predicted molar refractivity (Wildman–Crippen MR) is 73.2 cm³/mol. The number of morpholine rings is 1. The molecule has 1 aliphatic heterocycles. The van der Waals surface area contributed by atoms with Gasteiger partial charge in [-0.3, -0.25) is 9.59 Å². The van der Waals surface area contributed by atoms with E-state index in [2.05, 4.69) is 10.3 Å². The van der Waals surface area contributed by atoms with Crippen LogP contribution in [0, 0.1) is 0 Å². The lowest BCUT2D eigenvalue weighted by molar-refractivity contribution is -0.135. The van der Waals surface area contributed by atoms with Crippen molar-refractivity contribution in [1.29, 1.82) is 0 Å². The van der Waals surface area contributed by atoms with Crippen molar-refractivity contribution >= 4 is 17.6 Å². The van der Waals surface area contributed by atoms with Crippen LogP contribution in [0.3, 0.4) is 0 Å². The summed E-state index contributed by atoms with van der Waals surface area (Å²) in [5, 5.41) is 3.05. The normalized spacial score (nSPS) is 18.6. The van der Waals surface area contributed by atoms with Gasteiger partial charge in [-0.15, -0.1) is 0 Å². The molecule has 2 rings (SSSR count). The first kappa shape index (κ1) is 14.3. The molecule has 0 bridgehead atoms. The number of amides is 2. The Kier molecular flexibility index (Phi) is 4.52. The lowest BCUT2D eigenvalue weighted by Crippen LogP contribution is -2.47. The van der Waals surface area contributed by atoms with Crippen LogP contribution in [0.1, 0.15) is 17.3 Å². The van der Waals surface area contributed by atoms with Crippen molar-refractivity contribution < 1.29 is 14.3 Å². The Labute approximate surface area is 117 Å². The predicted octanol–water partition coefficient (Wildman–Crippen LogP) is -0.160. The van der Waals surface area contributed by atoms with Gasteiger partial charge in [0.05, 0.1) is 18.3 Å². The minimum atomic E-state index is -0.532. The van der Waals surface area contributed by atoms with Crippen LogP contribution in [0.25, 0.3) is 0 Å². The molecule has 7 heteroatoms. The summed E-state index contributed by atoms with van der Waals surface area (Å²) in [5.74, 6) is -0.0620. The van der Waals surface area contributed by atoms with Gasteiger partial charge in [-0.25, -0.2) is 4.98 Å². The number of rotatable bonds is 4. The molecule has 0 aliphatic carbocycles. The van der Waals surface area contributed by atoms with Gasteiger partial charge in [0, 0.05) is 32.8 Å². The molecule has 0 aromatic carbocycles. The summed E-state index contributed by atoms with van der Waals surface area (Å²) in [5.41, 5.74) is 5.62. The van der Waals surface area contributed by atoms with Crippen molar-refractivity contribution in [2.24, 2.45) is 5.73 Å². The van der Waals surface area contributed by atoms with Crippen molar-refractivity contribution in [2.75, 3.05) is 31.6 Å². The molecule has 1 aliphatic rings. The largest absolute Gasteiger partial charge is 0.373 e. The van der Waals surface area contributed by atoms with E-state index in [4.69, 9.17) is 10.5 Å². The Morgan fingerprint density at radius 3 is 3.10 bits per heavy atom. The van der Waals surface area contributed by atoms with E-state index in [1.807, 2.05) is 0 Å². The molecule has 0 saturated carbocycles. The molecule has 1 aromatic heterocycles. The molecule has 108 valence electrons. The highest BCUT2D eigenvalue weighted by atomic mass is 16.5. The number of carbonyl (C=O) groups is 2. The first-order valence-corrected chi connectivity index (χ1v) is 6.43. The summed E-state index contributed by atoms with van der Waals surface area (Å²) >= 11 is 0. The van der Waals surface area contributed by atoms with Crippen LogP contribution >= 0.6 is 0 Å². The molecule has 1 fully saturated rings. The molecule has 1 unspecified atom stereocenters. The van der Waals surface area contributed by atoms with Gasteiger partial charge in [0.1, 0.15) is 5.82 Å². The Hall–Kier alpha value is -2.15. The van der Waals surface area contributed by atoms with Crippen LogP contribution < -0.4 is 11.1 Å². The van der Waals surface area contributed by atoms with Crippen molar-refractivity contribution in [3.8, 4) is 0 Å². The van der Waals surface area contributed by atoms with Gasteiger partial charge in [0.15, 0.2) is 0 Å². The topological polar surface area (TPSA) is 97.6 Å². The third-order valence-electron chi connectivity index (χ3n) is 3.15. The standard InChI is InChI=1S/C13H18N4O3/c1-9(18)17-5-6-20-10(8-17)7-16-13-11(12(14)19)3-2-4-15-13/h2-4,10H,5-8H2,1H3,(H2,14,19)(H,15,16). The van der Waals surface area contributed by atoms with E-state index in [9.17, 15) is 9.59 Å². The molecule has 20 heavy (non-hydrogen) atoms. The van der Waals surface area contributed by atoms with Gasteiger partial charge >= 0.3 is 0 Å². The number of pyridine rings is 1. The highest BCUT2D eigenvalue weighted by Crippen LogP contribution is 2.12. The average molecular weight is 278 g/mol. The van der Waals surface area contributed by atoms with Crippen LogP contribution in [0.2, 0.25) is 0 Å². The summed E-state index contributed by atoms with van der Waals surface area (Å²) < 4.78 is 5.58. The Morgan fingerprint density at radius 2 is 2.40 bits per heavy atom. The molecule has 1 aromatic rings. The van der Waals surface area contributed by atoms with Gasteiger partial charge in [-0.05, 0) is 12.1 Å². The lowest BCUT2D eigenvalue weighted by atomic mass is 10.2. The van der Waals surface area contributed by atoms with Crippen molar-refractivity contribution in [3.63, 3.8) is 0 Å². The minimum Gasteiger partial charge on any atom is -0.373 e. The van der Waals surface area contributed by atoms with E-state index in [1.165, 1.54) is 0 Å². The van der Waals surface area contributed by atoms with E-state index < -0.39 is 5.91 Å². The maximum atomic E-state index is 11.3. The fourth-order valence-electron chi connectivity index (χ4n) is 2.08. The van der Waals surface area contributed by atoms with Gasteiger partial charge in [0.25, 0.3) is 5.91 Å². The third kappa shape index (κ3) is 3.45. The average Bonchev–Trinajstić information content (AvgIpc) is 2.45. The number of hydrogen-bond acceptors (Lipinski definition) is 5. The smallest absolute Gasteiger partial charge is 0.252 e. The van der Waals surface area contributed by atoms with E-state index in [0.29, 0.717) is 37.6 Å². The summed E-state index contributed by atoms with van der Waals surface area (Å²) in [6.07, 6.45) is 1.45. The number of anilines is 1. The number of nitrogens with two attached hydrogens (primary N) is 1. The summed E-state index contributed by atoms with van der Waals surface area (Å²) in [4.78, 5) is 28.4. The second-order valence-corrected chi connectivity index (χ2v) is 4.60. The number of ether oxygens (including phenoxy) is 1. The quantitative estimate of drug-likeness (QED) is 0.797. The molecule has 1 saturated heterocycles. The maximum absolute atomic E-state index is 11.3. The number of nitrogens with one attached hydrogen (secondary N) is 1. The van der Waals surface area contributed by atoms with Gasteiger partial charge in [-0.1, -0.05) is 0 Å². The number of hydrogen-bond donors (Lipinski definition) is 2. The van der Waals surface area contributed by atoms with Gasteiger partial charge in [0.2, 0.25) is 5.91 Å². The van der Waals surface area contributed by atoms with E-state index in [0.717, 1.165) is 0 Å². The highest BCUT2D eigenvalue weighted by molar-refractivity contribution is 5.97. The maximum Gasteiger partial charge on any atom is 0.252 e. The first-order chi connectivity index (χ1) is 9.58. The molecule has 2 amide bonds. The second-order valence-electron chi connectivity index (χ2n) is 4.60. The third-order valence-corrected chi connectivity index (χ3v) is 3.15. The zero-order valence-electron chi connectivity index (χ0n) is 11.3. The zero-order chi connectivity index (χ0) is 14.5. The minimum absolute atomic E-state index is 0.0361. The summed E-state index contributed by atoms with van der Waals surface area (Å²) in [6.45, 7) is 3.65. The summed E-state index contributed by atoms with van der Waals surface area (Å²) in [6, 6.07) is 3.27. The van der Waals surface area contributed by atoms with Crippen LogP contribution in [-0.2, 0) is 9.53 Å². The van der Waals surface area contributed by atoms with E-state index in [1.54, 1.807) is 30.2 Å². The zero-order valence-corrected chi connectivity index (χ0v) is 11.3. The number of nitrogens with zero attached hydrogens (tertiary/aromatic N) is 2.